The first kappa shape index (κ1) is 25.5. The molecule has 0 N–H and O–H groups in total. The fourth-order valence-electron chi connectivity index (χ4n) is 3.23. The maximum atomic E-state index is 2.41. The van der Waals surface area contributed by atoms with E-state index in [-0.39, 0.29) is 12.4 Å². The lowest BCUT2D eigenvalue weighted by Crippen LogP contribution is -3.00. The molecule has 1 nitrogen and oxygen atoms in total. The fraction of sp³-hybridized carbons (Fsp3) is 1.00. The molecule has 0 aromatic heterocycles. The Labute approximate surface area is 154 Å². The molecule has 0 rings (SSSR count). The van der Waals surface area contributed by atoms with Gasteiger partial charge in [-0.25, -0.2) is 0 Å². The van der Waals surface area contributed by atoms with Crippen molar-refractivity contribution in [2.24, 2.45) is 0 Å². The molecule has 0 saturated heterocycles. The number of nitrogens with zero attached hydrogens (tertiary/aromatic N) is 1. The first-order chi connectivity index (χ1) is 10.7. The number of hydrogen-bond donors (Lipinski definition) is 0. The summed E-state index contributed by atoms with van der Waals surface area (Å²) >= 11 is 0. The Morgan fingerprint density at radius 3 is 1.09 bits per heavy atom. The molecular formula is C21H46ClN. The Bertz CT molecular complexity index is 214. The summed E-state index contributed by atoms with van der Waals surface area (Å²) in [4.78, 5) is 0. The summed E-state index contributed by atoms with van der Waals surface area (Å²) in [5.74, 6) is 0. The normalized spacial score (nSPS) is 11.5. The van der Waals surface area contributed by atoms with Crippen molar-refractivity contribution in [3.05, 3.63) is 0 Å². The van der Waals surface area contributed by atoms with Crippen molar-refractivity contribution in [2.75, 3.05) is 26.7 Å². The third kappa shape index (κ3) is 16.9. The number of unbranched alkanes of at least 4 members (excludes halogenated alkanes) is 13. The van der Waals surface area contributed by atoms with E-state index >= 15 is 0 Å². The molecule has 0 fully saturated rings. The standard InChI is InChI=1S/C21H46N.ClH/c1-5-8-9-10-11-12-13-14-15-16-17-18-19-20-21-22(4,6-2)7-3;/h5-21H2,1-4H3;1H/q+1;/p-1. The van der Waals surface area contributed by atoms with Crippen molar-refractivity contribution in [1.29, 1.82) is 0 Å². The molecule has 0 heterocycles. The van der Waals surface area contributed by atoms with Crippen LogP contribution in [0.15, 0.2) is 0 Å². The van der Waals surface area contributed by atoms with Crippen LogP contribution in [-0.4, -0.2) is 31.2 Å². The number of quaternary nitrogens is 1. The number of halogens is 1. The van der Waals surface area contributed by atoms with Crippen molar-refractivity contribution >= 4 is 0 Å². The Morgan fingerprint density at radius 1 is 0.478 bits per heavy atom. The number of hydrogen-bond acceptors (Lipinski definition) is 0. The minimum absolute atomic E-state index is 0. The topological polar surface area (TPSA) is 0 Å². The Hall–Kier alpha value is 0.250. The lowest BCUT2D eigenvalue weighted by Gasteiger charge is -2.32. The second-order valence-electron chi connectivity index (χ2n) is 7.57. The largest absolute Gasteiger partial charge is 1.00 e. The van der Waals surface area contributed by atoms with Crippen LogP contribution >= 0.6 is 0 Å². The molecule has 0 aliphatic rings. The Morgan fingerprint density at radius 2 is 0.783 bits per heavy atom. The second kappa shape index (κ2) is 18.6. The van der Waals surface area contributed by atoms with Crippen molar-refractivity contribution < 1.29 is 16.9 Å². The lowest BCUT2D eigenvalue weighted by molar-refractivity contribution is -0.906. The first-order valence-electron chi connectivity index (χ1n) is 10.5. The van der Waals surface area contributed by atoms with Gasteiger partial charge in [0, 0.05) is 0 Å². The molecule has 142 valence electrons. The molecule has 0 aliphatic heterocycles. The van der Waals surface area contributed by atoms with Gasteiger partial charge in [0.05, 0.1) is 26.7 Å². The van der Waals surface area contributed by atoms with E-state index in [1.54, 1.807) is 0 Å². The number of rotatable bonds is 17. The molecular weight excluding hydrogens is 302 g/mol. The van der Waals surface area contributed by atoms with Crippen LogP contribution in [0.25, 0.3) is 0 Å². The van der Waals surface area contributed by atoms with Crippen molar-refractivity contribution in [3.63, 3.8) is 0 Å². The fourth-order valence-corrected chi connectivity index (χ4v) is 3.23. The highest BCUT2D eigenvalue weighted by Gasteiger charge is 2.14. The van der Waals surface area contributed by atoms with Crippen LogP contribution in [0.2, 0.25) is 0 Å². The predicted molar refractivity (Wildman–Crippen MR) is 102 cm³/mol. The van der Waals surface area contributed by atoms with Gasteiger partial charge < -0.3 is 16.9 Å². The van der Waals surface area contributed by atoms with Crippen molar-refractivity contribution in [1.82, 2.24) is 0 Å². The Kier molecular flexibility index (Phi) is 20.6. The van der Waals surface area contributed by atoms with Crippen LogP contribution in [0, 0.1) is 0 Å². The highest BCUT2D eigenvalue weighted by molar-refractivity contribution is 4.49. The van der Waals surface area contributed by atoms with Gasteiger partial charge in [-0.3, -0.25) is 0 Å². The summed E-state index contributed by atoms with van der Waals surface area (Å²) in [5, 5.41) is 0. The smallest absolute Gasteiger partial charge is 0.0784 e. The van der Waals surface area contributed by atoms with Gasteiger partial charge >= 0.3 is 0 Å². The third-order valence-corrected chi connectivity index (χ3v) is 5.58. The highest BCUT2D eigenvalue weighted by Crippen LogP contribution is 2.13. The van der Waals surface area contributed by atoms with Crippen LogP contribution in [0.3, 0.4) is 0 Å². The van der Waals surface area contributed by atoms with Crippen LogP contribution < -0.4 is 12.4 Å². The van der Waals surface area contributed by atoms with E-state index in [9.17, 15) is 0 Å². The summed E-state index contributed by atoms with van der Waals surface area (Å²) in [6, 6.07) is 0. The molecule has 0 unspecified atom stereocenters. The van der Waals surface area contributed by atoms with Crippen LogP contribution in [0.5, 0.6) is 0 Å². The molecule has 0 amide bonds. The SMILES string of the molecule is CCCCCCCCCCCCCCCC[N+](C)(CC)CC.[Cl-]. The van der Waals surface area contributed by atoms with Crippen LogP contribution in [0.4, 0.5) is 0 Å². The zero-order valence-electron chi connectivity index (χ0n) is 16.8. The summed E-state index contributed by atoms with van der Waals surface area (Å²) in [6.45, 7) is 10.9. The molecule has 0 aliphatic carbocycles. The minimum atomic E-state index is 0. The van der Waals surface area contributed by atoms with Gasteiger partial charge in [-0.1, -0.05) is 84.0 Å². The van der Waals surface area contributed by atoms with Gasteiger partial charge in [-0.05, 0) is 26.7 Å². The average Bonchev–Trinajstić information content (AvgIpc) is 2.55. The quantitative estimate of drug-likeness (QED) is 0.276. The molecule has 23 heavy (non-hydrogen) atoms. The van der Waals surface area contributed by atoms with Crippen LogP contribution in [0.1, 0.15) is 111 Å². The van der Waals surface area contributed by atoms with Gasteiger partial charge in [0.15, 0.2) is 0 Å². The molecule has 0 saturated carbocycles. The Balaban J connectivity index is 0. The summed E-state index contributed by atoms with van der Waals surface area (Å²) in [5.41, 5.74) is 0. The van der Waals surface area contributed by atoms with E-state index in [1.165, 1.54) is 114 Å². The maximum absolute atomic E-state index is 2.41. The highest BCUT2D eigenvalue weighted by atomic mass is 35.5. The van der Waals surface area contributed by atoms with E-state index in [2.05, 4.69) is 27.8 Å². The van der Waals surface area contributed by atoms with E-state index in [0.717, 1.165) is 0 Å². The predicted octanol–water partition coefficient (Wildman–Crippen LogP) is 3.96. The van der Waals surface area contributed by atoms with Gasteiger partial charge in [0.25, 0.3) is 0 Å². The molecule has 2 heteroatoms. The molecule has 0 aromatic rings. The third-order valence-electron chi connectivity index (χ3n) is 5.58. The average molecular weight is 348 g/mol. The van der Waals surface area contributed by atoms with Gasteiger partial charge in [0.2, 0.25) is 0 Å². The lowest BCUT2D eigenvalue weighted by atomic mass is 10.0. The minimum Gasteiger partial charge on any atom is -1.00 e. The van der Waals surface area contributed by atoms with Gasteiger partial charge in [-0.2, -0.15) is 0 Å². The van der Waals surface area contributed by atoms with Gasteiger partial charge in [0.1, 0.15) is 0 Å². The molecule has 0 atom stereocenters. The van der Waals surface area contributed by atoms with Gasteiger partial charge in [-0.15, -0.1) is 0 Å². The monoisotopic (exact) mass is 347 g/mol. The zero-order valence-corrected chi connectivity index (χ0v) is 17.6. The summed E-state index contributed by atoms with van der Waals surface area (Å²) in [6.07, 6.45) is 20.4. The maximum Gasteiger partial charge on any atom is 0.0784 e. The van der Waals surface area contributed by atoms with Crippen LogP contribution in [-0.2, 0) is 0 Å². The van der Waals surface area contributed by atoms with E-state index in [4.69, 9.17) is 0 Å². The first-order valence-corrected chi connectivity index (χ1v) is 10.5. The molecule has 0 bridgehead atoms. The molecule has 0 radical (unpaired) electrons. The molecule has 0 spiro atoms. The van der Waals surface area contributed by atoms with Crippen molar-refractivity contribution in [2.45, 2.75) is 111 Å². The zero-order chi connectivity index (χ0) is 16.5. The second-order valence-corrected chi connectivity index (χ2v) is 7.57. The summed E-state index contributed by atoms with van der Waals surface area (Å²) < 4.78 is 1.26. The van der Waals surface area contributed by atoms with E-state index < -0.39 is 0 Å². The van der Waals surface area contributed by atoms with E-state index in [0.29, 0.717) is 0 Å². The summed E-state index contributed by atoms with van der Waals surface area (Å²) in [7, 11) is 2.41. The van der Waals surface area contributed by atoms with E-state index in [1.807, 2.05) is 0 Å². The van der Waals surface area contributed by atoms with Crippen molar-refractivity contribution in [3.8, 4) is 0 Å². The molecule has 0 aromatic carbocycles.